The van der Waals surface area contributed by atoms with Gasteiger partial charge in [0.25, 0.3) is 11.5 Å². The Morgan fingerprint density at radius 2 is 1.67 bits per heavy atom. The molecule has 2 heterocycles. The van der Waals surface area contributed by atoms with Crippen molar-refractivity contribution >= 4 is 22.5 Å². The number of benzene rings is 3. The van der Waals surface area contributed by atoms with E-state index in [4.69, 9.17) is 0 Å². The highest BCUT2D eigenvalue weighted by Gasteiger charge is 2.27. The van der Waals surface area contributed by atoms with Gasteiger partial charge in [0.1, 0.15) is 17.4 Å². The number of pyridine rings is 1. The molecule has 180 valence electrons. The van der Waals surface area contributed by atoms with Crippen LogP contribution in [0.5, 0.6) is 0 Å². The molecule has 1 aliphatic rings. The predicted octanol–water partition coefficient (Wildman–Crippen LogP) is 4.33. The molecule has 1 fully saturated rings. The standard InChI is InChI=1S/C29H25FN4O2/c1-20-7-12-26-24(17-20)27(25(18-31)29(36)34(26)19-21-5-3-2-4-6-21)32-13-15-33(16-14-32)28(35)22-8-10-23(30)11-9-22/h2-12,17H,13-16,19H2,1H3. The van der Waals surface area contributed by atoms with Crippen molar-refractivity contribution < 1.29 is 9.18 Å². The number of hydrogen-bond donors (Lipinski definition) is 0. The minimum atomic E-state index is -0.385. The summed E-state index contributed by atoms with van der Waals surface area (Å²) in [4.78, 5) is 30.2. The zero-order valence-corrected chi connectivity index (χ0v) is 19.9. The maximum atomic E-state index is 13.6. The number of piperazine rings is 1. The van der Waals surface area contributed by atoms with Crippen LogP contribution in [-0.2, 0) is 6.54 Å². The van der Waals surface area contributed by atoms with Crippen LogP contribution in [0, 0.1) is 24.1 Å². The molecule has 0 unspecified atom stereocenters. The summed E-state index contributed by atoms with van der Waals surface area (Å²) in [6.45, 7) is 4.18. The monoisotopic (exact) mass is 480 g/mol. The van der Waals surface area contributed by atoms with Gasteiger partial charge in [0, 0.05) is 37.1 Å². The molecule has 0 radical (unpaired) electrons. The van der Waals surface area contributed by atoms with Gasteiger partial charge in [-0.25, -0.2) is 4.39 Å². The van der Waals surface area contributed by atoms with Gasteiger partial charge in [-0.1, -0.05) is 42.0 Å². The molecule has 0 spiro atoms. The number of aryl methyl sites for hydroxylation is 1. The average molecular weight is 481 g/mol. The first kappa shape index (κ1) is 23.3. The molecular weight excluding hydrogens is 455 g/mol. The maximum absolute atomic E-state index is 13.6. The summed E-state index contributed by atoms with van der Waals surface area (Å²) in [5.74, 6) is -0.543. The summed E-state index contributed by atoms with van der Waals surface area (Å²) < 4.78 is 14.9. The maximum Gasteiger partial charge on any atom is 0.271 e. The van der Waals surface area contributed by atoms with Crippen LogP contribution in [0.25, 0.3) is 10.9 Å². The Hall–Kier alpha value is -4.44. The number of amides is 1. The molecule has 36 heavy (non-hydrogen) atoms. The number of hydrogen-bond acceptors (Lipinski definition) is 4. The Labute approximate surface area is 208 Å². The van der Waals surface area contributed by atoms with E-state index >= 15 is 0 Å². The molecule has 1 aromatic heterocycles. The molecule has 7 heteroatoms. The number of rotatable bonds is 4. The molecule has 3 aromatic carbocycles. The van der Waals surface area contributed by atoms with Gasteiger partial charge >= 0.3 is 0 Å². The molecule has 0 atom stereocenters. The zero-order valence-electron chi connectivity index (χ0n) is 19.9. The lowest BCUT2D eigenvalue weighted by Crippen LogP contribution is -2.49. The van der Waals surface area contributed by atoms with Crippen molar-refractivity contribution in [1.82, 2.24) is 9.47 Å². The second-order valence-corrected chi connectivity index (χ2v) is 9.02. The minimum Gasteiger partial charge on any atom is -0.366 e. The van der Waals surface area contributed by atoms with Gasteiger partial charge in [-0.15, -0.1) is 0 Å². The largest absolute Gasteiger partial charge is 0.366 e. The van der Waals surface area contributed by atoms with E-state index in [0.717, 1.165) is 22.0 Å². The third-order valence-electron chi connectivity index (χ3n) is 6.66. The van der Waals surface area contributed by atoms with Gasteiger partial charge in [-0.3, -0.25) is 9.59 Å². The summed E-state index contributed by atoms with van der Waals surface area (Å²) in [6, 6.07) is 23.3. The number of fused-ring (bicyclic) bond motifs is 1. The fourth-order valence-electron chi connectivity index (χ4n) is 4.82. The molecule has 0 saturated carbocycles. The van der Waals surface area contributed by atoms with E-state index < -0.39 is 0 Å². The normalized spacial score (nSPS) is 13.6. The zero-order chi connectivity index (χ0) is 25.2. The number of nitriles is 1. The Morgan fingerprint density at radius 3 is 2.33 bits per heavy atom. The first-order chi connectivity index (χ1) is 17.5. The van der Waals surface area contributed by atoms with Crippen molar-refractivity contribution in [3.8, 4) is 6.07 Å². The molecule has 0 N–H and O–H groups in total. The van der Waals surface area contributed by atoms with E-state index in [2.05, 4.69) is 6.07 Å². The third-order valence-corrected chi connectivity index (χ3v) is 6.66. The van der Waals surface area contributed by atoms with Crippen molar-refractivity contribution in [2.24, 2.45) is 0 Å². The van der Waals surface area contributed by atoms with E-state index in [1.807, 2.05) is 60.4 Å². The van der Waals surface area contributed by atoms with Gasteiger partial charge in [0.05, 0.1) is 17.7 Å². The van der Waals surface area contributed by atoms with Crippen LogP contribution < -0.4 is 10.5 Å². The molecule has 0 bridgehead atoms. The predicted molar refractivity (Wildman–Crippen MR) is 138 cm³/mol. The number of nitrogens with zero attached hydrogens (tertiary/aromatic N) is 4. The van der Waals surface area contributed by atoms with E-state index in [-0.39, 0.29) is 22.8 Å². The van der Waals surface area contributed by atoms with Crippen LogP contribution >= 0.6 is 0 Å². The molecule has 0 aliphatic carbocycles. The van der Waals surface area contributed by atoms with Crippen LogP contribution in [0.2, 0.25) is 0 Å². The van der Waals surface area contributed by atoms with Crippen molar-refractivity contribution in [2.45, 2.75) is 13.5 Å². The SMILES string of the molecule is Cc1ccc2c(c1)c(N1CCN(C(=O)c3ccc(F)cc3)CC1)c(C#N)c(=O)n2Cc1ccccc1. The van der Waals surface area contributed by atoms with Gasteiger partial charge in [-0.2, -0.15) is 5.26 Å². The quantitative estimate of drug-likeness (QED) is 0.436. The van der Waals surface area contributed by atoms with Crippen molar-refractivity contribution in [3.63, 3.8) is 0 Å². The summed E-state index contributed by atoms with van der Waals surface area (Å²) in [5.41, 5.74) is 3.63. The Kier molecular flexibility index (Phi) is 6.26. The molecule has 1 amide bonds. The smallest absolute Gasteiger partial charge is 0.271 e. The van der Waals surface area contributed by atoms with Crippen LogP contribution in [0.15, 0.2) is 77.6 Å². The van der Waals surface area contributed by atoms with Crippen molar-refractivity contribution in [1.29, 1.82) is 5.26 Å². The van der Waals surface area contributed by atoms with Gasteiger partial charge in [0.15, 0.2) is 0 Å². The molecule has 1 saturated heterocycles. The van der Waals surface area contributed by atoms with Crippen LogP contribution in [-0.4, -0.2) is 41.6 Å². The fraction of sp³-hybridized carbons (Fsp3) is 0.207. The topological polar surface area (TPSA) is 69.3 Å². The summed E-state index contributed by atoms with van der Waals surface area (Å²) in [6.07, 6.45) is 0. The van der Waals surface area contributed by atoms with Gasteiger partial charge in [-0.05, 0) is 48.9 Å². The van der Waals surface area contributed by atoms with Crippen molar-refractivity contribution in [3.05, 3.63) is 111 Å². The number of carbonyl (C=O) groups excluding carboxylic acids is 1. The van der Waals surface area contributed by atoms with Crippen LogP contribution in [0.4, 0.5) is 10.1 Å². The highest BCUT2D eigenvalue weighted by molar-refractivity contribution is 5.96. The fourth-order valence-corrected chi connectivity index (χ4v) is 4.82. The van der Waals surface area contributed by atoms with E-state index in [1.54, 1.807) is 9.47 Å². The van der Waals surface area contributed by atoms with Crippen LogP contribution in [0.3, 0.4) is 0 Å². The third kappa shape index (κ3) is 4.34. The first-order valence-corrected chi connectivity index (χ1v) is 11.9. The minimum absolute atomic E-state index is 0.113. The molecule has 6 nitrogen and oxygen atoms in total. The van der Waals surface area contributed by atoms with Crippen molar-refractivity contribution in [2.75, 3.05) is 31.1 Å². The van der Waals surface area contributed by atoms with E-state index in [9.17, 15) is 19.2 Å². The molecular formula is C29H25FN4O2. The van der Waals surface area contributed by atoms with E-state index in [1.165, 1.54) is 24.3 Å². The molecule has 1 aliphatic heterocycles. The Bertz CT molecular complexity index is 1530. The summed E-state index contributed by atoms with van der Waals surface area (Å²) in [5, 5.41) is 10.9. The lowest BCUT2D eigenvalue weighted by Gasteiger charge is -2.37. The molecule has 4 aromatic rings. The highest BCUT2D eigenvalue weighted by Crippen LogP contribution is 2.31. The Morgan fingerprint density at radius 1 is 0.972 bits per heavy atom. The molecule has 5 rings (SSSR count). The first-order valence-electron chi connectivity index (χ1n) is 11.9. The van der Waals surface area contributed by atoms with E-state index in [0.29, 0.717) is 44.0 Å². The number of anilines is 1. The summed E-state index contributed by atoms with van der Waals surface area (Å²) in [7, 11) is 0. The second kappa shape index (κ2) is 9.67. The highest BCUT2D eigenvalue weighted by atomic mass is 19.1. The number of aromatic nitrogens is 1. The van der Waals surface area contributed by atoms with Gasteiger partial charge < -0.3 is 14.4 Å². The summed E-state index contributed by atoms with van der Waals surface area (Å²) >= 11 is 0. The number of carbonyl (C=O) groups is 1. The Balaban J connectivity index is 1.51. The number of halogens is 1. The van der Waals surface area contributed by atoms with Gasteiger partial charge in [0.2, 0.25) is 0 Å². The average Bonchev–Trinajstić information content (AvgIpc) is 2.90. The lowest BCUT2D eigenvalue weighted by atomic mass is 10.0. The lowest BCUT2D eigenvalue weighted by molar-refractivity contribution is 0.0747. The van der Waals surface area contributed by atoms with Crippen LogP contribution in [0.1, 0.15) is 27.0 Å². The second-order valence-electron chi connectivity index (χ2n) is 9.02.